The number of non-ortho nitro benzene ring substituents is 1. The maximum atomic E-state index is 10.8. The van der Waals surface area contributed by atoms with E-state index in [1.807, 2.05) is 0 Å². The molecule has 1 aliphatic rings. The summed E-state index contributed by atoms with van der Waals surface area (Å²) in [5.41, 5.74) is 6.82. The average molecular weight is 276 g/mol. The van der Waals surface area contributed by atoms with Gasteiger partial charge in [0.05, 0.1) is 11.0 Å². The van der Waals surface area contributed by atoms with Crippen molar-refractivity contribution in [3.05, 3.63) is 28.3 Å². The Kier molecular flexibility index (Phi) is 3.27. The van der Waals surface area contributed by atoms with Gasteiger partial charge in [0.15, 0.2) is 5.58 Å². The molecule has 106 valence electrons. The van der Waals surface area contributed by atoms with Gasteiger partial charge in [-0.2, -0.15) is 4.98 Å². The van der Waals surface area contributed by atoms with Crippen molar-refractivity contribution in [2.75, 3.05) is 24.5 Å². The summed E-state index contributed by atoms with van der Waals surface area (Å²) in [6.45, 7) is 2.36. The summed E-state index contributed by atoms with van der Waals surface area (Å²) in [6, 6.07) is 4.99. The first-order chi connectivity index (χ1) is 9.67. The van der Waals surface area contributed by atoms with Crippen molar-refractivity contribution >= 4 is 22.8 Å². The minimum absolute atomic E-state index is 0.0127. The zero-order valence-electron chi connectivity index (χ0n) is 11.0. The van der Waals surface area contributed by atoms with Crippen molar-refractivity contribution in [3.8, 4) is 0 Å². The number of nitrogens with zero attached hydrogens (tertiary/aromatic N) is 3. The van der Waals surface area contributed by atoms with Crippen LogP contribution in [0.1, 0.15) is 12.8 Å². The Labute approximate surface area is 115 Å². The van der Waals surface area contributed by atoms with Gasteiger partial charge in [-0.25, -0.2) is 0 Å². The number of hydrogen-bond donors (Lipinski definition) is 1. The molecule has 3 rings (SSSR count). The number of aromatic nitrogens is 1. The second-order valence-corrected chi connectivity index (χ2v) is 5.10. The Morgan fingerprint density at radius 1 is 1.55 bits per heavy atom. The van der Waals surface area contributed by atoms with Crippen molar-refractivity contribution in [1.82, 2.24) is 4.98 Å². The van der Waals surface area contributed by atoms with E-state index >= 15 is 0 Å². The third kappa shape index (κ3) is 2.32. The van der Waals surface area contributed by atoms with Crippen LogP contribution < -0.4 is 10.6 Å². The second kappa shape index (κ2) is 5.09. The second-order valence-electron chi connectivity index (χ2n) is 5.10. The van der Waals surface area contributed by atoms with E-state index < -0.39 is 4.92 Å². The molecule has 7 nitrogen and oxygen atoms in total. The Hall–Kier alpha value is -2.15. The molecule has 2 heterocycles. The monoisotopic (exact) mass is 276 g/mol. The molecule has 1 saturated heterocycles. The molecule has 0 amide bonds. The Balaban J connectivity index is 1.90. The molecule has 20 heavy (non-hydrogen) atoms. The predicted molar refractivity (Wildman–Crippen MR) is 74.7 cm³/mol. The number of nitro groups is 1. The highest BCUT2D eigenvalue weighted by Crippen LogP contribution is 2.28. The van der Waals surface area contributed by atoms with Gasteiger partial charge in [0.25, 0.3) is 11.7 Å². The van der Waals surface area contributed by atoms with Crippen LogP contribution in [0.3, 0.4) is 0 Å². The van der Waals surface area contributed by atoms with E-state index in [2.05, 4.69) is 9.88 Å². The molecule has 0 spiro atoms. The first-order valence-electron chi connectivity index (χ1n) is 6.67. The summed E-state index contributed by atoms with van der Waals surface area (Å²) < 4.78 is 5.66. The first-order valence-corrected chi connectivity index (χ1v) is 6.67. The highest BCUT2D eigenvalue weighted by Gasteiger charge is 2.23. The number of fused-ring (bicyclic) bond motifs is 1. The fourth-order valence-electron chi connectivity index (χ4n) is 2.58. The quantitative estimate of drug-likeness (QED) is 0.679. The van der Waals surface area contributed by atoms with Gasteiger partial charge in [-0.1, -0.05) is 0 Å². The van der Waals surface area contributed by atoms with Crippen molar-refractivity contribution < 1.29 is 9.34 Å². The van der Waals surface area contributed by atoms with Gasteiger partial charge < -0.3 is 15.1 Å². The average Bonchev–Trinajstić information content (AvgIpc) is 2.90. The van der Waals surface area contributed by atoms with Gasteiger partial charge in [-0.05, 0) is 31.4 Å². The lowest BCUT2D eigenvalue weighted by molar-refractivity contribution is -0.384. The van der Waals surface area contributed by atoms with Crippen LogP contribution in [0.25, 0.3) is 11.1 Å². The minimum atomic E-state index is -0.438. The molecule has 0 radical (unpaired) electrons. The molecule has 1 atom stereocenters. The Morgan fingerprint density at radius 2 is 2.40 bits per heavy atom. The molecule has 0 bridgehead atoms. The number of piperidine rings is 1. The molecule has 0 saturated carbocycles. The summed E-state index contributed by atoms with van der Waals surface area (Å²) in [5.74, 6) is 0.452. The maximum Gasteiger partial charge on any atom is 0.298 e. The number of nitro benzene ring substituents is 1. The van der Waals surface area contributed by atoms with E-state index in [1.165, 1.54) is 12.1 Å². The number of benzene rings is 1. The summed E-state index contributed by atoms with van der Waals surface area (Å²) in [5, 5.41) is 10.8. The number of oxazole rings is 1. The molecule has 1 aromatic carbocycles. The number of nitrogens with two attached hydrogens (primary N) is 1. The van der Waals surface area contributed by atoms with Crippen LogP contribution in [0.5, 0.6) is 0 Å². The van der Waals surface area contributed by atoms with E-state index in [4.69, 9.17) is 10.2 Å². The molecule has 7 heteroatoms. The smallest absolute Gasteiger partial charge is 0.298 e. The molecular weight excluding hydrogens is 260 g/mol. The SMILES string of the molecule is NCC1CCCN(c2nc3ccc([N+](=O)[O-])cc3o2)C1. The zero-order valence-corrected chi connectivity index (χ0v) is 11.0. The minimum Gasteiger partial charge on any atom is -0.423 e. The molecule has 1 fully saturated rings. The van der Waals surface area contributed by atoms with Crippen LogP contribution in [-0.4, -0.2) is 29.5 Å². The fourth-order valence-corrected chi connectivity index (χ4v) is 2.58. The molecule has 1 unspecified atom stereocenters. The number of hydrogen-bond acceptors (Lipinski definition) is 6. The van der Waals surface area contributed by atoms with Crippen LogP contribution in [0, 0.1) is 16.0 Å². The lowest BCUT2D eigenvalue weighted by Gasteiger charge is -2.30. The van der Waals surface area contributed by atoms with Crippen molar-refractivity contribution in [3.63, 3.8) is 0 Å². The third-order valence-corrected chi connectivity index (χ3v) is 3.69. The van der Waals surface area contributed by atoms with Crippen LogP contribution in [0.4, 0.5) is 11.7 Å². The van der Waals surface area contributed by atoms with Crippen molar-refractivity contribution in [2.24, 2.45) is 11.7 Å². The van der Waals surface area contributed by atoms with Crippen molar-refractivity contribution in [1.29, 1.82) is 0 Å². The predicted octanol–water partition coefficient (Wildman–Crippen LogP) is 1.91. The molecule has 1 aliphatic heterocycles. The largest absolute Gasteiger partial charge is 0.423 e. The highest BCUT2D eigenvalue weighted by molar-refractivity contribution is 5.77. The fraction of sp³-hybridized carbons (Fsp3) is 0.462. The van der Waals surface area contributed by atoms with E-state index in [0.29, 0.717) is 29.6 Å². The summed E-state index contributed by atoms with van der Waals surface area (Å²) in [7, 11) is 0. The van der Waals surface area contributed by atoms with Crippen molar-refractivity contribution in [2.45, 2.75) is 12.8 Å². The van der Waals surface area contributed by atoms with Crippen LogP contribution in [0.2, 0.25) is 0 Å². The van der Waals surface area contributed by atoms with Crippen LogP contribution in [-0.2, 0) is 0 Å². The molecule has 1 aromatic heterocycles. The zero-order chi connectivity index (χ0) is 14.1. The summed E-state index contributed by atoms with van der Waals surface area (Å²) in [4.78, 5) is 16.8. The standard InChI is InChI=1S/C13H16N4O3/c14-7-9-2-1-5-16(8-9)13-15-11-4-3-10(17(18)19)6-12(11)20-13/h3-4,6,9H,1-2,5,7-8,14H2. The van der Waals surface area contributed by atoms with Crippen LogP contribution in [0.15, 0.2) is 22.6 Å². The van der Waals surface area contributed by atoms with E-state index in [9.17, 15) is 10.1 Å². The molecule has 2 N–H and O–H groups in total. The van der Waals surface area contributed by atoms with E-state index in [1.54, 1.807) is 6.07 Å². The lowest BCUT2D eigenvalue weighted by atomic mass is 9.99. The number of rotatable bonds is 3. The molecule has 2 aromatic rings. The lowest BCUT2D eigenvalue weighted by Crippen LogP contribution is -2.38. The highest BCUT2D eigenvalue weighted by atomic mass is 16.6. The third-order valence-electron chi connectivity index (χ3n) is 3.69. The maximum absolute atomic E-state index is 10.8. The normalized spacial score (nSPS) is 19.4. The van der Waals surface area contributed by atoms with Gasteiger partial charge in [-0.15, -0.1) is 0 Å². The molecule has 0 aliphatic carbocycles. The van der Waals surface area contributed by atoms with Gasteiger partial charge in [0.2, 0.25) is 0 Å². The van der Waals surface area contributed by atoms with Crippen LogP contribution >= 0.6 is 0 Å². The molecular formula is C13H16N4O3. The first kappa shape index (κ1) is 12.9. The number of anilines is 1. The topological polar surface area (TPSA) is 98.4 Å². The Bertz CT molecular complexity index is 640. The summed E-state index contributed by atoms with van der Waals surface area (Å²) in [6.07, 6.45) is 2.18. The van der Waals surface area contributed by atoms with E-state index in [0.717, 1.165) is 25.9 Å². The Morgan fingerprint density at radius 3 is 3.15 bits per heavy atom. The van der Waals surface area contributed by atoms with Gasteiger partial charge in [0.1, 0.15) is 5.52 Å². The van der Waals surface area contributed by atoms with E-state index in [-0.39, 0.29) is 5.69 Å². The summed E-state index contributed by atoms with van der Waals surface area (Å²) >= 11 is 0. The van der Waals surface area contributed by atoms with Gasteiger partial charge in [0, 0.05) is 19.2 Å². The van der Waals surface area contributed by atoms with Gasteiger partial charge in [-0.3, -0.25) is 10.1 Å². The van der Waals surface area contributed by atoms with Gasteiger partial charge >= 0.3 is 0 Å².